The first kappa shape index (κ1) is 20.6. The molecule has 1 aromatic carbocycles. The number of nitrogens with zero attached hydrogens (tertiary/aromatic N) is 3. The first-order chi connectivity index (χ1) is 14.1. The Labute approximate surface area is 176 Å². The van der Waals surface area contributed by atoms with Gasteiger partial charge in [-0.1, -0.05) is 36.0 Å². The van der Waals surface area contributed by atoms with Crippen molar-refractivity contribution in [1.29, 1.82) is 0 Å². The molecule has 10 heteroatoms. The quantitative estimate of drug-likeness (QED) is 0.325. The van der Waals surface area contributed by atoms with Gasteiger partial charge in [-0.05, 0) is 23.6 Å². The van der Waals surface area contributed by atoms with Gasteiger partial charge in [0, 0.05) is 6.54 Å². The van der Waals surface area contributed by atoms with Crippen LogP contribution in [-0.4, -0.2) is 39.4 Å². The lowest BCUT2D eigenvalue weighted by Gasteiger charge is -2.10. The minimum atomic E-state index is -0.355. The second-order valence-electron chi connectivity index (χ2n) is 5.67. The number of rotatable bonds is 8. The van der Waals surface area contributed by atoms with E-state index in [0.29, 0.717) is 28.2 Å². The van der Waals surface area contributed by atoms with Gasteiger partial charge in [0.25, 0.3) is 5.91 Å². The maximum atomic E-state index is 12.1. The van der Waals surface area contributed by atoms with Crippen LogP contribution >= 0.6 is 23.1 Å². The summed E-state index contributed by atoms with van der Waals surface area (Å²) in [6, 6.07) is 11.0. The first-order valence-electron chi connectivity index (χ1n) is 8.57. The first-order valence-corrected chi connectivity index (χ1v) is 10.4. The maximum absolute atomic E-state index is 12.1. The number of para-hydroxylation sites is 1. The predicted molar refractivity (Wildman–Crippen MR) is 113 cm³/mol. The van der Waals surface area contributed by atoms with E-state index in [1.54, 1.807) is 30.7 Å². The van der Waals surface area contributed by atoms with Crippen LogP contribution in [0.5, 0.6) is 5.75 Å². The Bertz CT molecular complexity index is 1000. The third-order valence-corrected chi connectivity index (χ3v) is 5.60. The SMILES string of the molecule is C=CCn1c(SCC(=O)NNC(=O)c2cccs2)nnc1-c1ccccc1OC. The molecule has 3 aromatic rings. The molecule has 2 heterocycles. The van der Waals surface area contributed by atoms with Crippen LogP contribution in [0.3, 0.4) is 0 Å². The van der Waals surface area contributed by atoms with E-state index in [1.807, 2.05) is 28.8 Å². The Kier molecular flexibility index (Phi) is 7.04. The van der Waals surface area contributed by atoms with Gasteiger partial charge in [-0.25, -0.2) is 0 Å². The highest BCUT2D eigenvalue weighted by Gasteiger charge is 2.18. The van der Waals surface area contributed by atoms with Gasteiger partial charge in [0.15, 0.2) is 11.0 Å². The summed E-state index contributed by atoms with van der Waals surface area (Å²) in [5.74, 6) is 0.650. The molecule has 0 aliphatic carbocycles. The number of aromatic nitrogens is 3. The number of ether oxygens (including phenoxy) is 1. The highest BCUT2D eigenvalue weighted by molar-refractivity contribution is 7.99. The van der Waals surface area contributed by atoms with Crippen LogP contribution in [0.2, 0.25) is 0 Å². The Morgan fingerprint density at radius 1 is 1.24 bits per heavy atom. The van der Waals surface area contributed by atoms with Crippen LogP contribution in [0.4, 0.5) is 0 Å². The fourth-order valence-corrected chi connectivity index (χ4v) is 3.85. The lowest BCUT2D eigenvalue weighted by Crippen LogP contribution is -2.42. The van der Waals surface area contributed by atoms with Crippen molar-refractivity contribution < 1.29 is 14.3 Å². The molecule has 0 unspecified atom stereocenters. The van der Waals surface area contributed by atoms with E-state index in [1.165, 1.54) is 23.1 Å². The molecule has 2 N–H and O–H groups in total. The van der Waals surface area contributed by atoms with E-state index in [9.17, 15) is 9.59 Å². The van der Waals surface area contributed by atoms with E-state index in [2.05, 4.69) is 27.6 Å². The number of methoxy groups -OCH3 is 1. The summed E-state index contributed by atoms with van der Waals surface area (Å²) in [4.78, 5) is 24.5. The molecule has 0 saturated heterocycles. The molecule has 0 bridgehead atoms. The molecule has 2 amide bonds. The monoisotopic (exact) mass is 429 g/mol. The largest absolute Gasteiger partial charge is 0.496 e. The summed E-state index contributed by atoms with van der Waals surface area (Å²) in [7, 11) is 1.59. The van der Waals surface area contributed by atoms with Gasteiger partial charge in [0.05, 0.1) is 23.3 Å². The fourth-order valence-electron chi connectivity index (χ4n) is 2.48. The number of nitrogens with one attached hydrogen (secondary N) is 2. The van der Waals surface area contributed by atoms with Gasteiger partial charge < -0.3 is 4.74 Å². The molecule has 0 fully saturated rings. The Balaban J connectivity index is 1.66. The number of thioether (sulfide) groups is 1. The molecule has 0 saturated carbocycles. The number of hydrogen-bond acceptors (Lipinski definition) is 7. The van der Waals surface area contributed by atoms with Gasteiger partial charge in [0.2, 0.25) is 5.91 Å². The number of thiophene rings is 1. The molecular weight excluding hydrogens is 410 g/mol. The average molecular weight is 430 g/mol. The number of allylic oxidation sites excluding steroid dienone is 1. The lowest BCUT2D eigenvalue weighted by molar-refractivity contribution is -0.119. The summed E-state index contributed by atoms with van der Waals surface area (Å²) < 4.78 is 7.26. The molecule has 0 aliphatic rings. The van der Waals surface area contributed by atoms with Crippen molar-refractivity contribution in [2.45, 2.75) is 11.7 Å². The van der Waals surface area contributed by atoms with Gasteiger partial charge in [0.1, 0.15) is 5.75 Å². The number of hydrazine groups is 1. The van der Waals surface area contributed by atoms with Crippen LogP contribution in [0.15, 0.2) is 59.6 Å². The molecule has 2 aromatic heterocycles. The summed E-state index contributed by atoms with van der Waals surface area (Å²) in [6.07, 6.45) is 1.73. The van der Waals surface area contributed by atoms with E-state index in [-0.39, 0.29) is 17.6 Å². The molecule has 3 rings (SSSR count). The smallest absolute Gasteiger partial charge is 0.279 e. The van der Waals surface area contributed by atoms with E-state index >= 15 is 0 Å². The minimum absolute atomic E-state index is 0.0614. The van der Waals surface area contributed by atoms with Gasteiger partial charge in [-0.15, -0.1) is 28.1 Å². The average Bonchev–Trinajstić information content (AvgIpc) is 3.41. The van der Waals surface area contributed by atoms with Gasteiger partial charge in [-0.2, -0.15) is 0 Å². The van der Waals surface area contributed by atoms with Crippen LogP contribution < -0.4 is 15.6 Å². The zero-order valence-corrected chi connectivity index (χ0v) is 17.3. The molecule has 0 aliphatic heterocycles. The van der Waals surface area contributed by atoms with Crippen molar-refractivity contribution in [3.8, 4) is 17.1 Å². The number of carbonyl (C=O) groups excluding carboxylic acids is 2. The molecule has 0 radical (unpaired) electrons. The summed E-state index contributed by atoms with van der Waals surface area (Å²) >= 11 is 2.51. The summed E-state index contributed by atoms with van der Waals surface area (Å²) in [5, 5.41) is 10.8. The number of benzene rings is 1. The van der Waals surface area contributed by atoms with Gasteiger partial charge >= 0.3 is 0 Å². The number of carbonyl (C=O) groups is 2. The normalized spacial score (nSPS) is 10.4. The van der Waals surface area contributed by atoms with Crippen molar-refractivity contribution in [2.24, 2.45) is 0 Å². The second kappa shape index (κ2) is 9.89. The molecule has 8 nitrogen and oxygen atoms in total. The third kappa shape index (κ3) is 5.04. The van der Waals surface area contributed by atoms with Crippen molar-refractivity contribution in [2.75, 3.05) is 12.9 Å². The van der Waals surface area contributed by atoms with Crippen LogP contribution in [-0.2, 0) is 11.3 Å². The zero-order chi connectivity index (χ0) is 20.6. The number of amides is 2. The minimum Gasteiger partial charge on any atom is -0.496 e. The second-order valence-corrected chi connectivity index (χ2v) is 7.56. The van der Waals surface area contributed by atoms with Crippen molar-refractivity contribution >= 4 is 34.9 Å². The lowest BCUT2D eigenvalue weighted by atomic mass is 10.2. The van der Waals surface area contributed by atoms with Crippen molar-refractivity contribution in [1.82, 2.24) is 25.6 Å². The molecular formula is C19H19N5O3S2. The van der Waals surface area contributed by atoms with Crippen LogP contribution in [0.1, 0.15) is 9.67 Å². The van der Waals surface area contributed by atoms with E-state index < -0.39 is 0 Å². The topological polar surface area (TPSA) is 98.1 Å². The molecule has 150 valence electrons. The van der Waals surface area contributed by atoms with Gasteiger partial charge in [-0.3, -0.25) is 25.0 Å². The Morgan fingerprint density at radius 2 is 2.07 bits per heavy atom. The predicted octanol–water partition coefficient (Wildman–Crippen LogP) is 2.75. The maximum Gasteiger partial charge on any atom is 0.279 e. The van der Waals surface area contributed by atoms with E-state index in [0.717, 1.165) is 5.56 Å². The fraction of sp³-hybridized carbons (Fsp3) is 0.158. The van der Waals surface area contributed by atoms with E-state index in [4.69, 9.17) is 4.74 Å². The zero-order valence-electron chi connectivity index (χ0n) is 15.6. The summed E-state index contributed by atoms with van der Waals surface area (Å²) in [6.45, 7) is 4.25. The highest BCUT2D eigenvalue weighted by atomic mass is 32.2. The van der Waals surface area contributed by atoms with Crippen LogP contribution in [0.25, 0.3) is 11.4 Å². The number of hydrogen-bond donors (Lipinski definition) is 2. The standard InChI is InChI=1S/C19H19N5O3S2/c1-3-10-24-17(13-7-4-5-8-14(13)27-2)21-23-19(24)29-12-16(25)20-22-18(26)15-9-6-11-28-15/h3-9,11H,1,10,12H2,2H3,(H,20,25)(H,22,26). The summed E-state index contributed by atoms with van der Waals surface area (Å²) in [5.41, 5.74) is 5.58. The molecule has 29 heavy (non-hydrogen) atoms. The third-order valence-electron chi connectivity index (χ3n) is 3.77. The van der Waals surface area contributed by atoms with Crippen molar-refractivity contribution in [3.63, 3.8) is 0 Å². The van der Waals surface area contributed by atoms with Crippen molar-refractivity contribution in [3.05, 3.63) is 59.3 Å². The highest BCUT2D eigenvalue weighted by Crippen LogP contribution is 2.30. The van der Waals surface area contributed by atoms with Crippen LogP contribution in [0, 0.1) is 0 Å². The Morgan fingerprint density at radius 3 is 2.79 bits per heavy atom. The Hall–Kier alpha value is -3.11. The molecule has 0 spiro atoms. The molecule has 0 atom stereocenters.